The van der Waals surface area contributed by atoms with Gasteiger partial charge in [-0.3, -0.25) is 0 Å². The van der Waals surface area contributed by atoms with Crippen molar-refractivity contribution >= 4 is 129 Å². The van der Waals surface area contributed by atoms with Crippen molar-refractivity contribution in [1.82, 2.24) is 9.13 Å². The number of fused-ring (bicyclic) bond motifs is 16. The summed E-state index contributed by atoms with van der Waals surface area (Å²) < 4.78 is 23.2. The largest absolute Gasteiger partial charge is 0.454 e. The summed E-state index contributed by atoms with van der Waals surface area (Å²) in [5.41, 5.74) is 20.2. The lowest BCUT2D eigenvalue weighted by Crippen LogP contribution is -1.92. The lowest BCUT2D eigenvalue weighted by molar-refractivity contribution is 0.673. The highest BCUT2D eigenvalue weighted by atomic mass is 32.1. The van der Waals surface area contributed by atoms with Gasteiger partial charge in [0.15, 0.2) is 11.2 Å². The number of hydrogen-bond acceptors (Lipinski definition) is 4. The summed E-state index contributed by atoms with van der Waals surface area (Å²) in [6.07, 6.45) is 0. The highest BCUT2D eigenvalue weighted by Gasteiger charge is 2.23. The van der Waals surface area contributed by atoms with Crippen LogP contribution in [0.2, 0.25) is 0 Å². The van der Waals surface area contributed by atoms with Crippen molar-refractivity contribution in [2.75, 3.05) is 0 Å². The van der Waals surface area contributed by atoms with Crippen LogP contribution < -0.4 is 0 Å². The monoisotopic (exact) mass is 1080 g/mol. The molecule has 0 bridgehead atoms. The molecule has 4 nitrogen and oxygen atoms in total. The van der Waals surface area contributed by atoms with Crippen LogP contribution in [0.4, 0.5) is 0 Å². The van der Waals surface area contributed by atoms with Gasteiger partial charge in [0.25, 0.3) is 0 Å². The van der Waals surface area contributed by atoms with E-state index in [1.54, 1.807) is 0 Å². The predicted molar refractivity (Wildman–Crippen MR) is 349 cm³/mol. The van der Waals surface area contributed by atoms with Gasteiger partial charge in [-0.05, 0) is 130 Å². The second kappa shape index (κ2) is 18.7. The van der Waals surface area contributed by atoms with E-state index in [1.165, 1.54) is 73.7 Å². The molecule has 0 N–H and O–H groups in total. The summed E-state index contributed by atoms with van der Waals surface area (Å²) in [6, 6.07) is 99.8. The van der Waals surface area contributed by atoms with Gasteiger partial charge in [0.05, 0.1) is 11.0 Å². The SMILES string of the molecule is c1ccc(-c2ccc3c(c2)sc2cc(-c4ccc5c(c4)oc4c6ccccc6n(-c6ccccc6)c54)ccc23)cc1.c1ccc(-c2ccc3c(c2)sc2cc(-c4cccc5c4oc4c6ccccc6n(-c6ccccc6)c54)ccc23)cc1. The second-order valence-electron chi connectivity index (χ2n) is 21.1. The molecule has 384 valence electrons. The Hall–Kier alpha value is -10.2. The van der Waals surface area contributed by atoms with Crippen LogP contribution in [0.3, 0.4) is 0 Å². The number of benzene rings is 12. The van der Waals surface area contributed by atoms with Gasteiger partial charge in [0, 0.05) is 78.8 Å². The van der Waals surface area contributed by atoms with Crippen LogP contribution >= 0.6 is 22.7 Å². The molecule has 6 heteroatoms. The van der Waals surface area contributed by atoms with Gasteiger partial charge in [-0.25, -0.2) is 0 Å². The molecule has 0 fully saturated rings. The van der Waals surface area contributed by atoms with E-state index in [0.717, 1.165) is 88.4 Å². The van der Waals surface area contributed by atoms with Gasteiger partial charge in [0.1, 0.15) is 22.2 Å². The minimum Gasteiger partial charge on any atom is -0.454 e. The molecule has 0 saturated carbocycles. The van der Waals surface area contributed by atoms with Crippen LogP contribution in [0.15, 0.2) is 288 Å². The molecule has 0 aliphatic rings. The highest BCUT2D eigenvalue weighted by molar-refractivity contribution is 7.26. The molecule has 0 atom stereocenters. The third-order valence-electron chi connectivity index (χ3n) is 16.4. The van der Waals surface area contributed by atoms with Crippen molar-refractivity contribution in [2.45, 2.75) is 0 Å². The van der Waals surface area contributed by atoms with E-state index in [4.69, 9.17) is 8.83 Å². The average molecular weight is 1080 g/mol. The van der Waals surface area contributed by atoms with Gasteiger partial charge < -0.3 is 18.0 Å². The molecule has 82 heavy (non-hydrogen) atoms. The molecule has 6 heterocycles. The number of thiophene rings is 2. The summed E-state index contributed by atoms with van der Waals surface area (Å²) in [7, 11) is 0. The fourth-order valence-corrected chi connectivity index (χ4v) is 14.9. The third-order valence-corrected chi connectivity index (χ3v) is 18.6. The van der Waals surface area contributed by atoms with Crippen LogP contribution in [0.5, 0.6) is 0 Å². The van der Waals surface area contributed by atoms with E-state index in [0.29, 0.717) is 0 Å². The predicted octanol–water partition coefficient (Wildman–Crippen LogP) is 22.5. The normalized spacial score (nSPS) is 11.9. The first kappa shape index (κ1) is 46.7. The molecular formula is C76H46N2O2S2. The van der Waals surface area contributed by atoms with Crippen LogP contribution in [0, 0.1) is 0 Å². The van der Waals surface area contributed by atoms with Crippen molar-refractivity contribution in [3.05, 3.63) is 279 Å². The van der Waals surface area contributed by atoms with Crippen molar-refractivity contribution in [2.24, 2.45) is 0 Å². The van der Waals surface area contributed by atoms with Gasteiger partial charge >= 0.3 is 0 Å². The maximum Gasteiger partial charge on any atom is 0.161 e. The zero-order chi connectivity index (χ0) is 53.8. The molecule has 0 radical (unpaired) electrons. The molecule has 18 aromatic rings. The van der Waals surface area contributed by atoms with E-state index >= 15 is 0 Å². The summed E-state index contributed by atoms with van der Waals surface area (Å²) in [4.78, 5) is 0. The Morgan fingerprint density at radius 3 is 1.13 bits per heavy atom. The molecule has 0 amide bonds. The van der Waals surface area contributed by atoms with Crippen molar-refractivity contribution < 1.29 is 8.83 Å². The van der Waals surface area contributed by atoms with Crippen LogP contribution in [0.25, 0.3) is 162 Å². The minimum absolute atomic E-state index is 0.909. The Balaban J connectivity index is 0.000000130. The fourth-order valence-electron chi connectivity index (χ4n) is 12.6. The Kier molecular flexibility index (Phi) is 10.6. The lowest BCUT2D eigenvalue weighted by atomic mass is 10.0. The van der Waals surface area contributed by atoms with Crippen LogP contribution in [-0.2, 0) is 0 Å². The lowest BCUT2D eigenvalue weighted by Gasteiger charge is -2.08. The van der Waals surface area contributed by atoms with Crippen molar-refractivity contribution in [3.8, 4) is 55.9 Å². The van der Waals surface area contributed by atoms with Crippen molar-refractivity contribution in [3.63, 3.8) is 0 Å². The standard InChI is InChI=1S/2C38H23NOS/c1-3-10-24(11-4-1)25-18-20-29-30-21-19-26(23-35(30)41-34(29)22-25)28-15-9-16-32-36-38(40-37(28)32)31-14-7-8-17-33(31)39(36)27-12-5-2-6-13-27;1-3-9-24(10-4-1)26-15-18-29-30-19-16-27(23-36(30)41-35(29)22-26)25-17-20-32-34(21-25)40-38-31-13-7-8-14-33(31)39(37(32)38)28-11-5-2-6-12-28/h2*1-23H. The second-order valence-corrected chi connectivity index (χ2v) is 23.3. The maximum atomic E-state index is 6.77. The minimum atomic E-state index is 0.909. The van der Waals surface area contributed by atoms with E-state index in [-0.39, 0.29) is 0 Å². The number of hydrogen-bond donors (Lipinski definition) is 0. The van der Waals surface area contributed by atoms with Gasteiger partial charge in [0.2, 0.25) is 0 Å². The number of aromatic nitrogens is 2. The summed E-state index contributed by atoms with van der Waals surface area (Å²) in [6.45, 7) is 0. The molecule has 18 rings (SSSR count). The Morgan fingerprint density at radius 1 is 0.244 bits per heavy atom. The zero-order valence-corrected chi connectivity index (χ0v) is 45.7. The van der Waals surface area contributed by atoms with Crippen LogP contribution in [0.1, 0.15) is 0 Å². The van der Waals surface area contributed by atoms with Gasteiger partial charge in [-0.1, -0.05) is 188 Å². The molecule has 0 unspecified atom stereocenters. The average Bonchev–Trinajstić information content (AvgIpc) is 4.39. The summed E-state index contributed by atoms with van der Waals surface area (Å²) in [5, 5.41) is 9.73. The number of para-hydroxylation sites is 5. The first-order valence-corrected chi connectivity index (χ1v) is 29.3. The van der Waals surface area contributed by atoms with Gasteiger partial charge in [-0.2, -0.15) is 0 Å². The topological polar surface area (TPSA) is 36.1 Å². The first-order valence-electron chi connectivity index (χ1n) is 27.7. The Morgan fingerprint density at radius 2 is 0.622 bits per heavy atom. The Bertz CT molecular complexity index is 5510. The van der Waals surface area contributed by atoms with Crippen LogP contribution in [-0.4, -0.2) is 9.13 Å². The van der Waals surface area contributed by atoms with Gasteiger partial charge in [-0.15, -0.1) is 22.7 Å². The quantitative estimate of drug-likeness (QED) is 0.166. The Labute approximate surface area is 478 Å². The highest BCUT2D eigenvalue weighted by Crippen LogP contribution is 2.46. The van der Waals surface area contributed by atoms with E-state index in [2.05, 4.69) is 288 Å². The van der Waals surface area contributed by atoms with E-state index in [9.17, 15) is 0 Å². The molecule has 12 aromatic carbocycles. The summed E-state index contributed by atoms with van der Waals surface area (Å²) >= 11 is 3.72. The molecule has 0 aliphatic carbocycles. The number of rotatable bonds is 6. The first-order chi connectivity index (χ1) is 40.6. The fraction of sp³-hybridized carbons (Fsp3) is 0. The van der Waals surface area contributed by atoms with E-state index < -0.39 is 0 Å². The molecule has 0 spiro atoms. The number of nitrogens with zero attached hydrogens (tertiary/aromatic N) is 2. The molecule has 0 aliphatic heterocycles. The maximum absolute atomic E-state index is 6.77. The smallest absolute Gasteiger partial charge is 0.161 e. The summed E-state index contributed by atoms with van der Waals surface area (Å²) in [5.74, 6) is 0. The van der Waals surface area contributed by atoms with E-state index in [1.807, 2.05) is 22.7 Å². The molecular weight excluding hydrogens is 1040 g/mol. The molecule has 6 aromatic heterocycles. The third kappa shape index (κ3) is 7.43. The molecule has 0 saturated heterocycles. The zero-order valence-electron chi connectivity index (χ0n) is 44.1. The van der Waals surface area contributed by atoms with Crippen molar-refractivity contribution in [1.29, 1.82) is 0 Å². The number of furan rings is 2.